The van der Waals surface area contributed by atoms with Crippen LogP contribution >= 0.6 is 0 Å². The maximum absolute atomic E-state index is 5.42. The molecule has 0 aliphatic carbocycles. The van der Waals surface area contributed by atoms with Crippen LogP contribution in [0.5, 0.6) is 5.75 Å². The van der Waals surface area contributed by atoms with Crippen LogP contribution in [-0.2, 0) is 6.42 Å². The molecule has 3 nitrogen and oxygen atoms in total. The zero-order valence-electron chi connectivity index (χ0n) is 11.9. The molecule has 1 heterocycles. The summed E-state index contributed by atoms with van der Waals surface area (Å²) < 4.78 is 5.42. The van der Waals surface area contributed by atoms with Crippen LogP contribution < -0.4 is 4.74 Å². The molecular formula is C17H20N2O. The fourth-order valence-electron chi connectivity index (χ4n) is 1.95. The minimum absolute atomic E-state index is 0.676. The minimum atomic E-state index is 0.676. The third kappa shape index (κ3) is 3.92. The molecule has 0 bridgehead atoms. The second-order valence-electron chi connectivity index (χ2n) is 4.55. The van der Waals surface area contributed by atoms with Gasteiger partial charge >= 0.3 is 0 Å². The quantitative estimate of drug-likeness (QED) is 0.561. The Kier molecular flexibility index (Phi) is 5.30. The summed E-state index contributed by atoms with van der Waals surface area (Å²) in [6.45, 7) is 6.37. The molecule has 3 heteroatoms. The summed E-state index contributed by atoms with van der Waals surface area (Å²) in [6.07, 6.45) is 8.87. The van der Waals surface area contributed by atoms with Crippen molar-refractivity contribution in [2.75, 3.05) is 6.61 Å². The van der Waals surface area contributed by atoms with E-state index < -0.39 is 0 Å². The predicted octanol–water partition coefficient (Wildman–Crippen LogP) is 4.05. The van der Waals surface area contributed by atoms with Gasteiger partial charge in [-0.25, -0.2) is 9.97 Å². The van der Waals surface area contributed by atoms with Crippen LogP contribution in [0.3, 0.4) is 0 Å². The van der Waals surface area contributed by atoms with E-state index in [9.17, 15) is 0 Å². The maximum atomic E-state index is 5.42. The van der Waals surface area contributed by atoms with Crippen molar-refractivity contribution in [1.82, 2.24) is 9.97 Å². The first kappa shape index (κ1) is 14.3. The molecule has 0 N–H and O–H groups in total. The first-order valence-corrected chi connectivity index (χ1v) is 6.98. The van der Waals surface area contributed by atoms with Crippen LogP contribution in [0.1, 0.15) is 25.3 Å². The lowest BCUT2D eigenvalue weighted by atomic mass is 10.1. The van der Waals surface area contributed by atoms with Crippen molar-refractivity contribution in [3.05, 3.63) is 54.9 Å². The van der Waals surface area contributed by atoms with Gasteiger partial charge in [0.05, 0.1) is 6.61 Å². The first-order valence-electron chi connectivity index (χ1n) is 6.98. The van der Waals surface area contributed by atoms with Gasteiger partial charge < -0.3 is 4.74 Å². The molecule has 0 unspecified atom stereocenters. The van der Waals surface area contributed by atoms with Crippen molar-refractivity contribution in [2.24, 2.45) is 0 Å². The Balaban J connectivity index is 2.03. The Bertz CT molecular complexity index is 532. The van der Waals surface area contributed by atoms with Crippen molar-refractivity contribution in [2.45, 2.75) is 26.2 Å². The molecule has 2 rings (SSSR count). The van der Waals surface area contributed by atoms with E-state index in [1.54, 1.807) is 0 Å². The minimum Gasteiger partial charge on any atom is -0.494 e. The lowest BCUT2D eigenvalue weighted by Gasteiger charge is -2.05. The molecule has 0 fully saturated rings. The Labute approximate surface area is 120 Å². The first-order chi connectivity index (χ1) is 9.83. The number of hydrogen-bond acceptors (Lipinski definition) is 3. The summed E-state index contributed by atoms with van der Waals surface area (Å²) in [5, 5.41) is 0. The van der Waals surface area contributed by atoms with Gasteiger partial charge in [-0.1, -0.05) is 6.08 Å². The highest BCUT2D eigenvalue weighted by molar-refractivity contribution is 5.55. The summed E-state index contributed by atoms with van der Waals surface area (Å²) >= 11 is 0. The number of nitrogens with zero attached hydrogens (tertiary/aromatic N) is 2. The molecule has 1 aromatic heterocycles. The molecule has 0 radical (unpaired) electrons. The van der Waals surface area contributed by atoms with Gasteiger partial charge in [0.25, 0.3) is 0 Å². The molecule has 0 aliphatic rings. The number of aryl methyl sites for hydroxylation is 1. The summed E-state index contributed by atoms with van der Waals surface area (Å²) in [7, 11) is 0. The number of rotatable bonds is 7. The molecule has 0 atom stereocenters. The molecule has 0 saturated carbocycles. The highest BCUT2D eigenvalue weighted by atomic mass is 16.5. The van der Waals surface area contributed by atoms with Gasteiger partial charge in [-0.05, 0) is 56.0 Å². The Morgan fingerprint density at radius 1 is 1.15 bits per heavy atom. The van der Waals surface area contributed by atoms with Crippen LogP contribution in [0.2, 0.25) is 0 Å². The third-order valence-electron chi connectivity index (χ3n) is 3.00. The van der Waals surface area contributed by atoms with Crippen LogP contribution in [0.25, 0.3) is 11.4 Å². The summed E-state index contributed by atoms with van der Waals surface area (Å²) in [5.74, 6) is 1.62. The zero-order valence-corrected chi connectivity index (χ0v) is 11.9. The Hall–Kier alpha value is -2.16. The molecule has 0 aliphatic heterocycles. The Morgan fingerprint density at radius 2 is 1.85 bits per heavy atom. The number of aromatic nitrogens is 2. The van der Waals surface area contributed by atoms with Crippen molar-refractivity contribution < 1.29 is 4.74 Å². The lowest BCUT2D eigenvalue weighted by molar-refractivity contribution is 0.340. The average molecular weight is 268 g/mol. The SMILES string of the molecule is C=CCCCc1cnc(-c2ccc(OCC)cc2)nc1. The third-order valence-corrected chi connectivity index (χ3v) is 3.00. The predicted molar refractivity (Wildman–Crippen MR) is 81.8 cm³/mol. The molecule has 0 amide bonds. The molecule has 104 valence electrons. The van der Waals surface area contributed by atoms with E-state index in [1.165, 1.54) is 5.56 Å². The number of ether oxygens (including phenoxy) is 1. The number of benzene rings is 1. The van der Waals surface area contributed by atoms with Crippen molar-refractivity contribution >= 4 is 0 Å². The Morgan fingerprint density at radius 3 is 2.45 bits per heavy atom. The van der Waals surface area contributed by atoms with Crippen LogP contribution in [0.15, 0.2) is 49.3 Å². The highest BCUT2D eigenvalue weighted by Crippen LogP contribution is 2.19. The van der Waals surface area contributed by atoms with Gasteiger partial charge in [-0.15, -0.1) is 6.58 Å². The molecule has 0 saturated heterocycles. The highest BCUT2D eigenvalue weighted by Gasteiger charge is 2.02. The summed E-state index contributed by atoms with van der Waals surface area (Å²) in [5.41, 5.74) is 2.17. The van der Waals surface area contributed by atoms with Gasteiger partial charge in [0.1, 0.15) is 5.75 Å². The lowest BCUT2D eigenvalue weighted by Crippen LogP contribution is -1.94. The number of allylic oxidation sites excluding steroid dienone is 1. The van der Waals surface area contributed by atoms with Crippen LogP contribution in [0, 0.1) is 0 Å². The van der Waals surface area contributed by atoms with E-state index in [4.69, 9.17) is 4.74 Å². The van der Waals surface area contributed by atoms with Gasteiger partial charge in [-0.3, -0.25) is 0 Å². The van der Waals surface area contributed by atoms with E-state index in [0.717, 1.165) is 36.4 Å². The largest absolute Gasteiger partial charge is 0.494 e. The zero-order chi connectivity index (χ0) is 14.2. The average Bonchev–Trinajstić information content (AvgIpc) is 2.49. The monoisotopic (exact) mass is 268 g/mol. The van der Waals surface area contributed by atoms with E-state index >= 15 is 0 Å². The summed E-state index contributed by atoms with van der Waals surface area (Å²) in [6, 6.07) is 7.86. The molecule has 20 heavy (non-hydrogen) atoms. The fraction of sp³-hybridized carbons (Fsp3) is 0.294. The molecule has 0 spiro atoms. The number of unbranched alkanes of at least 4 members (excludes halogenated alkanes) is 1. The van der Waals surface area contributed by atoms with E-state index in [1.807, 2.05) is 49.7 Å². The number of hydrogen-bond donors (Lipinski definition) is 0. The molecular weight excluding hydrogens is 248 g/mol. The van der Waals surface area contributed by atoms with E-state index in [-0.39, 0.29) is 0 Å². The van der Waals surface area contributed by atoms with E-state index in [2.05, 4.69) is 16.5 Å². The van der Waals surface area contributed by atoms with Crippen molar-refractivity contribution in [1.29, 1.82) is 0 Å². The fourth-order valence-corrected chi connectivity index (χ4v) is 1.95. The second kappa shape index (κ2) is 7.43. The van der Waals surface area contributed by atoms with Gasteiger partial charge in [0.15, 0.2) is 5.82 Å². The second-order valence-corrected chi connectivity index (χ2v) is 4.55. The topological polar surface area (TPSA) is 35.0 Å². The van der Waals surface area contributed by atoms with E-state index in [0.29, 0.717) is 6.61 Å². The van der Waals surface area contributed by atoms with Gasteiger partial charge in [0.2, 0.25) is 0 Å². The smallest absolute Gasteiger partial charge is 0.159 e. The van der Waals surface area contributed by atoms with Gasteiger partial charge in [0, 0.05) is 18.0 Å². The van der Waals surface area contributed by atoms with Crippen LogP contribution in [-0.4, -0.2) is 16.6 Å². The molecule has 1 aromatic carbocycles. The van der Waals surface area contributed by atoms with Crippen LogP contribution in [0.4, 0.5) is 0 Å². The molecule has 2 aromatic rings. The van der Waals surface area contributed by atoms with Crippen molar-refractivity contribution in [3.8, 4) is 17.1 Å². The normalized spacial score (nSPS) is 10.2. The van der Waals surface area contributed by atoms with Gasteiger partial charge in [-0.2, -0.15) is 0 Å². The summed E-state index contributed by atoms with van der Waals surface area (Å²) in [4.78, 5) is 8.85. The van der Waals surface area contributed by atoms with Crippen molar-refractivity contribution in [3.63, 3.8) is 0 Å². The standard InChI is InChI=1S/C17H20N2O/c1-3-5-6-7-14-12-18-17(19-13-14)15-8-10-16(11-9-15)20-4-2/h3,8-13H,1,4-7H2,2H3. The maximum Gasteiger partial charge on any atom is 0.159 e.